The number of carbonyl (C=O) groups excluding carboxylic acids is 1. The van der Waals surface area contributed by atoms with Gasteiger partial charge in [-0.1, -0.05) is 42.0 Å². The molecule has 2 atom stereocenters. The normalized spacial score (nSPS) is 18.9. The minimum absolute atomic E-state index is 0. The van der Waals surface area contributed by atoms with Gasteiger partial charge in [-0.05, 0) is 56.0 Å². The Bertz CT molecular complexity index is 765. The highest BCUT2D eigenvalue weighted by Crippen LogP contribution is 2.24. The summed E-state index contributed by atoms with van der Waals surface area (Å²) in [6, 6.07) is 16.4. The van der Waals surface area contributed by atoms with Crippen LogP contribution in [0.4, 0.5) is 0 Å². The number of nitrogens with two attached hydrogens (primary N) is 1. The van der Waals surface area contributed by atoms with Gasteiger partial charge in [0.05, 0.1) is 6.42 Å². The van der Waals surface area contributed by atoms with Crippen molar-refractivity contribution in [1.82, 2.24) is 4.90 Å². The molecule has 146 valence electrons. The number of hydrogen-bond donors (Lipinski definition) is 1. The number of nitrogens with zero attached hydrogens (tertiary/aromatic N) is 1. The molecule has 2 aromatic rings. The van der Waals surface area contributed by atoms with Crippen LogP contribution in [-0.2, 0) is 17.8 Å². The number of rotatable bonds is 6. The second-order valence-corrected chi connectivity index (χ2v) is 7.33. The molecule has 2 unspecified atom stereocenters. The van der Waals surface area contributed by atoms with E-state index < -0.39 is 0 Å². The molecule has 0 radical (unpaired) electrons. The summed E-state index contributed by atoms with van der Waals surface area (Å²) in [5.41, 5.74) is 9.12. The van der Waals surface area contributed by atoms with Crippen LogP contribution in [0.25, 0.3) is 0 Å². The van der Waals surface area contributed by atoms with E-state index in [1.807, 2.05) is 35.2 Å². The predicted octanol–water partition coefficient (Wildman–Crippen LogP) is 3.73. The summed E-state index contributed by atoms with van der Waals surface area (Å²) in [6.07, 6.45) is 1.41. The Hall–Kier alpha value is -2.04. The highest BCUT2D eigenvalue weighted by atomic mass is 35.5. The lowest BCUT2D eigenvalue weighted by Crippen LogP contribution is -2.35. The Kier molecular flexibility index (Phi) is 7.69. The fourth-order valence-corrected chi connectivity index (χ4v) is 3.65. The Balaban J connectivity index is 0.00000261. The maximum absolute atomic E-state index is 12.7. The summed E-state index contributed by atoms with van der Waals surface area (Å²) in [7, 11) is 0. The van der Waals surface area contributed by atoms with Crippen molar-refractivity contribution in [2.45, 2.75) is 39.3 Å². The number of halogens is 1. The Morgan fingerprint density at radius 2 is 1.93 bits per heavy atom. The third-order valence-corrected chi connectivity index (χ3v) is 5.06. The molecular formula is C22H29ClN2O2. The van der Waals surface area contributed by atoms with Gasteiger partial charge in [-0.3, -0.25) is 4.79 Å². The second-order valence-electron chi connectivity index (χ2n) is 7.33. The summed E-state index contributed by atoms with van der Waals surface area (Å²) in [4.78, 5) is 14.6. The van der Waals surface area contributed by atoms with E-state index >= 15 is 0 Å². The summed E-state index contributed by atoms with van der Waals surface area (Å²) in [5, 5.41) is 0. The number of benzene rings is 2. The summed E-state index contributed by atoms with van der Waals surface area (Å²) < 4.78 is 5.91. The van der Waals surface area contributed by atoms with Crippen LogP contribution in [-0.4, -0.2) is 29.9 Å². The molecule has 1 aliphatic rings. The summed E-state index contributed by atoms with van der Waals surface area (Å²) >= 11 is 0. The van der Waals surface area contributed by atoms with Crippen molar-refractivity contribution in [2.24, 2.45) is 11.7 Å². The first kappa shape index (κ1) is 21.3. The minimum Gasteiger partial charge on any atom is -0.489 e. The van der Waals surface area contributed by atoms with E-state index in [1.54, 1.807) is 0 Å². The first-order valence-electron chi connectivity index (χ1n) is 9.32. The number of carbonyl (C=O) groups is 1. The van der Waals surface area contributed by atoms with Crippen molar-refractivity contribution in [3.05, 3.63) is 65.2 Å². The third kappa shape index (κ3) is 5.72. The number of likely N-dealkylation sites (tertiary alicyclic amines) is 1. The molecule has 1 heterocycles. The molecule has 1 fully saturated rings. The van der Waals surface area contributed by atoms with Crippen molar-refractivity contribution in [3.63, 3.8) is 0 Å². The molecule has 0 spiro atoms. The fourth-order valence-electron chi connectivity index (χ4n) is 3.65. The van der Waals surface area contributed by atoms with Crippen molar-refractivity contribution in [1.29, 1.82) is 0 Å². The Labute approximate surface area is 168 Å². The van der Waals surface area contributed by atoms with Crippen molar-refractivity contribution in [2.75, 3.05) is 13.1 Å². The highest BCUT2D eigenvalue weighted by molar-refractivity contribution is 5.85. The zero-order chi connectivity index (χ0) is 18.5. The van der Waals surface area contributed by atoms with Gasteiger partial charge in [-0.25, -0.2) is 0 Å². The van der Waals surface area contributed by atoms with Crippen LogP contribution < -0.4 is 10.5 Å². The maximum Gasteiger partial charge on any atom is 0.227 e. The van der Waals surface area contributed by atoms with Crippen LogP contribution in [0.2, 0.25) is 0 Å². The van der Waals surface area contributed by atoms with Crippen LogP contribution in [0.15, 0.2) is 48.5 Å². The fraction of sp³-hybridized carbons (Fsp3) is 0.409. The molecule has 0 bridgehead atoms. The van der Waals surface area contributed by atoms with Gasteiger partial charge in [0.15, 0.2) is 0 Å². The molecule has 27 heavy (non-hydrogen) atoms. The number of aryl methyl sites for hydroxylation is 1. The molecule has 2 aromatic carbocycles. The van der Waals surface area contributed by atoms with E-state index in [2.05, 4.69) is 32.0 Å². The van der Waals surface area contributed by atoms with Crippen LogP contribution in [0, 0.1) is 12.8 Å². The van der Waals surface area contributed by atoms with Gasteiger partial charge >= 0.3 is 0 Å². The molecule has 4 nitrogen and oxygen atoms in total. The average molecular weight is 389 g/mol. The van der Waals surface area contributed by atoms with E-state index in [9.17, 15) is 4.79 Å². The smallest absolute Gasteiger partial charge is 0.227 e. The van der Waals surface area contributed by atoms with Gasteiger partial charge in [0, 0.05) is 12.6 Å². The van der Waals surface area contributed by atoms with Gasteiger partial charge in [0.1, 0.15) is 12.4 Å². The van der Waals surface area contributed by atoms with Crippen LogP contribution in [0.3, 0.4) is 0 Å². The minimum atomic E-state index is 0. The van der Waals surface area contributed by atoms with Crippen molar-refractivity contribution < 1.29 is 9.53 Å². The molecule has 1 aliphatic heterocycles. The predicted molar refractivity (Wildman–Crippen MR) is 111 cm³/mol. The first-order valence-corrected chi connectivity index (χ1v) is 9.32. The average Bonchev–Trinajstić information content (AvgIpc) is 3.01. The largest absolute Gasteiger partial charge is 0.489 e. The Morgan fingerprint density at radius 3 is 2.63 bits per heavy atom. The van der Waals surface area contributed by atoms with Gasteiger partial charge in [0.25, 0.3) is 0 Å². The molecule has 0 aromatic heterocycles. The molecule has 3 rings (SSSR count). The van der Waals surface area contributed by atoms with Gasteiger partial charge in [0.2, 0.25) is 5.91 Å². The van der Waals surface area contributed by atoms with Crippen molar-refractivity contribution in [3.8, 4) is 5.75 Å². The first-order chi connectivity index (χ1) is 12.5. The van der Waals surface area contributed by atoms with Crippen molar-refractivity contribution >= 4 is 18.3 Å². The summed E-state index contributed by atoms with van der Waals surface area (Å²) in [6.45, 7) is 6.14. The number of amides is 1. The molecule has 2 N–H and O–H groups in total. The van der Waals surface area contributed by atoms with E-state index in [1.165, 1.54) is 5.56 Å². The third-order valence-electron chi connectivity index (χ3n) is 5.06. The zero-order valence-corrected chi connectivity index (χ0v) is 16.9. The van der Waals surface area contributed by atoms with E-state index in [0.29, 0.717) is 25.5 Å². The van der Waals surface area contributed by atoms with Crippen LogP contribution in [0.5, 0.6) is 5.75 Å². The van der Waals surface area contributed by atoms with E-state index in [4.69, 9.17) is 10.5 Å². The van der Waals surface area contributed by atoms with Gasteiger partial charge < -0.3 is 15.4 Å². The number of hydrogen-bond acceptors (Lipinski definition) is 3. The molecule has 1 saturated heterocycles. The molecule has 0 saturated carbocycles. The molecule has 5 heteroatoms. The lowest BCUT2D eigenvalue weighted by Gasteiger charge is -2.21. The summed E-state index contributed by atoms with van der Waals surface area (Å²) in [5.74, 6) is 1.40. The van der Waals surface area contributed by atoms with Gasteiger partial charge in [-0.2, -0.15) is 0 Å². The second kappa shape index (κ2) is 9.77. The quantitative estimate of drug-likeness (QED) is 0.820. The zero-order valence-electron chi connectivity index (χ0n) is 16.1. The van der Waals surface area contributed by atoms with E-state index in [-0.39, 0.29) is 24.4 Å². The van der Waals surface area contributed by atoms with Gasteiger partial charge in [-0.15, -0.1) is 12.4 Å². The molecular weight excluding hydrogens is 360 g/mol. The Morgan fingerprint density at radius 1 is 1.19 bits per heavy atom. The lowest BCUT2D eigenvalue weighted by molar-refractivity contribution is -0.131. The van der Waals surface area contributed by atoms with Crippen LogP contribution >= 0.6 is 12.4 Å². The number of ether oxygens (including phenoxy) is 1. The lowest BCUT2D eigenvalue weighted by atomic mass is 10.1. The molecule has 1 amide bonds. The standard InChI is InChI=1S/C22H28N2O2.ClH/c1-16-5-3-7-19(9-16)15-26-21-8-4-6-18(11-21)12-22(25)24-14-20(13-23)10-17(24)2;/h3-9,11,17,20H,10,12-15,23H2,1-2H3;1H. The monoisotopic (exact) mass is 388 g/mol. The molecule has 0 aliphatic carbocycles. The topological polar surface area (TPSA) is 55.6 Å². The highest BCUT2D eigenvalue weighted by Gasteiger charge is 2.31. The SMILES string of the molecule is Cc1cccc(COc2cccc(CC(=O)N3CC(CN)CC3C)c2)c1.Cl. The van der Waals surface area contributed by atoms with Crippen LogP contribution in [0.1, 0.15) is 30.0 Å². The maximum atomic E-state index is 12.7. The van der Waals surface area contributed by atoms with E-state index in [0.717, 1.165) is 29.8 Å².